The van der Waals surface area contributed by atoms with Gasteiger partial charge in [-0.25, -0.2) is 0 Å². The highest BCUT2D eigenvalue weighted by Crippen LogP contribution is 2.39. The standard InChI is InChI=1S/C22H25NO4/c1-25-17-11-9-16(10-12-17)22(13-5-2-6-14-22)23-21(24)20-18-7-3-4-8-19(18)26-15-27-20/h3-4,7-12,20H,2,5-6,13-15H2,1H3,(H,23,24)/t20-/m1/s1. The second kappa shape index (κ2) is 7.61. The van der Waals surface area contributed by atoms with Gasteiger partial charge in [-0.1, -0.05) is 49.6 Å². The van der Waals surface area contributed by atoms with Crippen molar-refractivity contribution in [3.8, 4) is 11.5 Å². The second-order valence-electron chi connectivity index (χ2n) is 7.21. The van der Waals surface area contributed by atoms with Crippen molar-refractivity contribution < 1.29 is 19.0 Å². The van der Waals surface area contributed by atoms with Crippen LogP contribution in [0.2, 0.25) is 0 Å². The number of amides is 1. The van der Waals surface area contributed by atoms with Crippen LogP contribution >= 0.6 is 0 Å². The minimum Gasteiger partial charge on any atom is -0.497 e. The number of carbonyl (C=O) groups excluding carboxylic acids is 1. The van der Waals surface area contributed by atoms with Crippen LogP contribution in [-0.2, 0) is 15.1 Å². The monoisotopic (exact) mass is 367 g/mol. The minimum absolute atomic E-state index is 0.0879. The maximum atomic E-state index is 13.2. The van der Waals surface area contributed by atoms with Crippen LogP contribution in [0.25, 0.3) is 0 Å². The molecule has 0 saturated heterocycles. The van der Waals surface area contributed by atoms with Gasteiger partial charge in [-0.3, -0.25) is 4.79 Å². The Morgan fingerprint density at radius 3 is 2.56 bits per heavy atom. The zero-order valence-corrected chi connectivity index (χ0v) is 15.6. The minimum atomic E-state index is -0.646. The fraction of sp³-hybridized carbons (Fsp3) is 0.409. The Bertz CT molecular complexity index is 796. The van der Waals surface area contributed by atoms with E-state index >= 15 is 0 Å². The van der Waals surface area contributed by atoms with Crippen LogP contribution in [-0.4, -0.2) is 19.8 Å². The molecule has 1 aliphatic carbocycles. The van der Waals surface area contributed by atoms with E-state index in [1.165, 1.54) is 6.42 Å². The average Bonchev–Trinajstić information content (AvgIpc) is 2.74. The molecule has 2 aromatic carbocycles. The van der Waals surface area contributed by atoms with E-state index in [0.717, 1.165) is 42.6 Å². The van der Waals surface area contributed by atoms with Crippen LogP contribution in [0.3, 0.4) is 0 Å². The van der Waals surface area contributed by atoms with Crippen molar-refractivity contribution in [1.29, 1.82) is 0 Å². The van der Waals surface area contributed by atoms with Crippen molar-refractivity contribution in [3.05, 3.63) is 59.7 Å². The number of nitrogens with one attached hydrogen (secondary N) is 1. The first-order valence-electron chi connectivity index (χ1n) is 9.52. The van der Waals surface area contributed by atoms with Crippen LogP contribution in [0.5, 0.6) is 11.5 Å². The molecule has 1 heterocycles. The first-order valence-corrected chi connectivity index (χ1v) is 9.52. The van der Waals surface area contributed by atoms with Crippen LogP contribution in [0.4, 0.5) is 0 Å². The van der Waals surface area contributed by atoms with Gasteiger partial charge in [0.2, 0.25) is 0 Å². The molecule has 4 rings (SSSR count). The Balaban J connectivity index is 1.61. The van der Waals surface area contributed by atoms with E-state index in [-0.39, 0.29) is 18.2 Å². The van der Waals surface area contributed by atoms with Gasteiger partial charge in [0.1, 0.15) is 11.5 Å². The molecule has 5 heteroatoms. The Morgan fingerprint density at radius 2 is 1.81 bits per heavy atom. The fourth-order valence-corrected chi connectivity index (χ4v) is 4.15. The molecular weight excluding hydrogens is 342 g/mol. The van der Waals surface area contributed by atoms with Crippen molar-refractivity contribution in [3.63, 3.8) is 0 Å². The predicted octanol–water partition coefficient (Wildman–Crippen LogP) is 4.08. The topological polar surface area (TPSA) is 56.8 Å². The molecule has 5 nitrogen and oxygen atoms in total. The SMILES string of the molecule is COc1ccc(C2(NC(=O)[C@@H]3OCOc4ccccc43)CCCCC2)cc1. The number of ether oxygens (including phenoxy) is 3. The van der Waals surface area contributed by atoms with Gasteiger partial charge in [0.15, 0.2) is 12.9 Å². The lowest BCUT2D eigenvalue weighted by molar-refractivity contribution is -0.144. The summed E-state index contributed by atoms with van der Waals surface area (Å²) in [5.41, 5.74) is 1.54. The van der Waals surface area contributed by atoms with E-state index in [1.54, 1.807) is 7.11 Å². The van der Waals surface area contributed by atoms with Crippen LogP contribution in [0, 0.1) is 0 Å². The van der Waals surface area contributed by atoms with E-state index in [9.17, 15) is 4.79 Å². The van der Waals surface area contributed by atoms with E-state index in [4.69, 9.17) is 14.2 Å². The molecule has 0 spiro atoms. The number of para-hydroxylation sites is 1. The summed E-state index contributed by atoms with van der Waals surface area (Å²) in [6.07, 6.45) is 4.60. The van der Waals surface area contributed by atoms with Crippen LogP contribution < -0.4 is 14.8 Å². The van der Waals surface area contributed by atoms with Crippen LogP contribution in [0.1, 0.15) is 49.3 Å². The van der Waals surface area contributed by atoms with Gasteiger partial charge < -0.3 is 19.5 Å². The Kier molecular flexibility index (Phi) is 5.03. The first-order chi connectivity index (χ1) is 13.2. The zero-order chi connectivity index (χ0) is 18.7. The molecule has 142 valence electrons. The van der Waals surface area contributed by atoms with Crippen molar-refractivity contribution in [2.75, 3.05) is 13.9 Å². The van der Waals surface area contributed by atoms with Crippen LogP contribution in [0.15, 0.2) is 48.5 Å². The first kappa shape index (κ1) is 17.9. The second-order valence-corrected chi connectivity index (χ2v) is 7.21. The number of methoxy groups -OCH3 is 1. The van der Waals surface area contributed by atoms with E-state index < -0.39 is 6.10 Å². The number of rotatable bonds is 4. The number of fused-ring (bicyclic) bond motifs is 1. The third-order valence-electron chi connectivity index (χ3n) is 5.60. The summed E-state index contributed by atoms with van der Waals surface area (Å²) in [5.74, 6) is 1.42. The zero-order valence-electron chi connectivity index (χ0n) is 15.6. The summed E-state index contributed by atoms with van der Waals surface area (Å²) in [6.45, 7) is 0.0879. The highest BCUT2D eigenvalue weighted by Gasteiger charge is 2.39. The molecule has 1 amide bonds. The molecule has 1 fully saturated rings. The van der Waals surface area contributed by atoms with E-state index in [1.807, 2.05) is 36.4 Å². The van der Waals surface area contributed by atoms with Crippen molar-refractivity contribution in [2.24, 2.45) is 0 Å². The van der Waals surface area contributed by atoms with Gasteiger partial charge in [0, 0.05) is 5.56 Å². The van der Waals surface area contributed by atoms with Gasteiger partial charge in [-0.2, -0.15) is 0 Å². The van der Waals surface area contributed by atoms with Gasteiger partial charge in [0.05, 0.1) is 12.6 Å². The van der Waals surface area contributed by atoms with Gasteiger partial charge in [0.25, 0.3) is 5.91 Å². The molecule has 0 radical (unpaired) electrons. The number of hydrogen-bond donors (Lipinski definition) is 1. The average molecular weight is 367 g/mol. The Labute approximate surface area is 159 Å². The smallest absolute Gasteiger partial charge is 0.254 e. The van der Waals surface area contributed by atoms with Crippen molar-refractivity contribution >= 4 is 5.91 Å². The lowest BCUT2D eigenvalue weighted by Crippen LogP contribution is -2.49. The molecule has 0 bridgehead atoms. The largest absolute Gasteiger partial charge is 0.497 e. The third-order valence-corrected chi connectivity index (χ3v) is 5.60. The lowest BCUT2D eigenvalue weighted by atomic mass is 9.76. The van der Waals surface area contributed by atoms with E-state index in [2.05, 4.69) is 17.4 Å². The molecule has 1 atom stereocenters. The quantitative estimate of drug-likeness (QED) is 0.885. The van der Waals surface area contributed by atoms with Gasteiger partial charge in [-0.15, -0.1) is 0 Å². The normalized spacial score (nSPS) is 20.9. The molecular formula is C22H25NO4. The number of carbonyl (C=O) groups is 1. The van der Waals surface area contributed by atoms with Gasteiger partial charge in [-0.05, 0) is 36.6 Å². The number of hydrogen-bond acceptors (Lipinski definition) is 4. The molecule has 0 aromatic heterocycles. The molecule has 2 aliphatic rings. The molecule has 1 N–H and O–H groups in total. The third kappa shape index (κ3) is 3.52. The maximum absolute atomic E-state index is 13.2. The molecule has 0 unspecified atom stereocenters. The maximum Gasteiger partial charge on any atom is 0.254 e. The predicted molar refractivity (Wildman–Crippen MR) is 102 cm³/mol. The summed E-state index contributed by atoms with van der Waals surface area (Å²) in [7, 11) is 1.66. The van der Waals surface area contributed by atoms with Crippen molar-refractivity contribution in [2.45, 2.75) is 43.7 Å². The van der Waals surface area contributed by atoms with Gasteiger partial charge >= 0.3 is 0 Å². The summed E-state index contributed by atoms with van der Waals surface area (Å²) in [4.78, 5) is 13.2. The summed E-state index contributed by atoms with van der Waals surface area (Å²) < 4.78 is 16.5. The molecule has 2 aromatic rings. The molecule has 1 saturated carbocycles. The summed E-state index contributed by atoms with van der Waals surface area (Å²) in [6, 6.07) is 15.6. The summed E-state index contributed by atoms with van der Waals surface area (Å²) >= 11 is 0. The highest BCUT2D eigenvalue weighted by atomic mass is 16.7. The van der Waals surface area contributed by atoms with Crippen molar-refractivity contribution in [1.82, 2.24) is 5.32 Å². The highest BCUT2D eigenvalue weighted by molar-refractivity contribution is 5.84. The lowest BCUT2D eigenvalue weighted by Gasteiger charge is -2.40. The molecule has 27 heavy (non-hydrogen) atoms. The summed E-state index contributed by atoms with van der Waals surface area (Å²) in [5, 5.41) is 3.34. The fourth-order valence-electron chi connectivity index (χ4n) is 4.15. The Hall–Kier alpha value is -2.53. The Morgan fingerprint density at radius 1 is 1.07 bits per heavy atom. The van der Waals surface area contributed by atoms with E-state index in [0.29, 0.717) is 5.75 Å². The molecule has 1 aliphatic heterocycles. The number of benzene rings is 2.